The maximum atomic E-state index is 11.9. The van der Waals surface area contributed by atoms with Crippen LogP contribution in [0.5, 0.6) is 0 Å². The first kappa shape index (κ1) is 18.3. The largest absolute Gasteiger partial charge is 0.375 e. The number of amides is 1. The number of hydrogen-bond acceptors (Lipinski definition) is 5. The third-order valence-electron chi connectivity index (χ3n) is 5.23. The minimum atomic E-state index is 0.0850. The maximum absolute atomic E-state index is 11.9. The van der Waals surface area contributed by atoms with E-state index < -0.39 is 0 Å². The van der Waals surface area contributed by atoms with Crippen LogP contribution < -0.4 is 0 Å². The molecule has 0 saturated carbocycles. The van der Waals surface area contributed by atoms with E-state index in [-0.39, 0.29) is 24.0 Å². The van der Waals surface area contributed by atoms with Crippen LogP contribution in [0.4, 0.5) is 0 Å². The summed E-state index contributed by atoms with van der Waals surface area (Å²) < 4.78 is 16.7. The molecule has 0 radical (unpaired) electrons. The zero-order chi connectivity index (χ0) is 17.7. The van der Waals surface area contributed by atoms with E-state index in [0.29, 0.717) is 13.2 Å². The zero-order valence-electron chi connectivity index (χ0n) is 15.2. The number of hydrogen-bond donors (Lipinski definition) is 0. The standard InChI is InChI=1S/C19H28N2O4/c1-15-4-3-5-16(20-15)11-24-12-17-10-19(14-25-17)6-8-21(9-7-19)18(22)13-23-2/h3-5,17H,6-14H2,1-2H3. The lowest BCUT2D eigenvalue weighted by atomic mass is 9.76. The van der Waals surface area contributed by atoms with Gasteiger partial charge in [0.25, 0.3) is 0 Å². The highest BCUT2D eigenvalue weighted by Crippen LogP contribution is 2.42. The second-order valence-corrected chi connectivity index (χ2v) is 7.24. The van der Waals surface area contributed by atoms with Gasteiger partial charge in [-0.25, -0.2) is 0 Å². The summed E-state index contributed by atoms with van der Waals surface area (Å²) in [6, 6.07) is 5.97. The Morgan fingerprint density at radius 2 is 2.20 bits per heavy atom. The molecule has 0 N–H and O–H groups in total. The number of pyridine rings is 1. The number of aromatic nitrogens is 1. The molecule has 2 fully saturated rings. The summed E-state index contributed by atoms with van der Waals surface area (Å²) in [6.07, 6.45) is 3.16. The topological polar surface area (TPSA) is 60.9 Å². The highest BCUT2D eigenvalue weighted by molar-refractivity contribution is 5.77. The Labute approximate surface area is 149 Å². The molecule has 3 rings (SSSR count). The number of aryl methyl sites for hydroxylation is 1. The summed E-state index contributed by atoms with van der Waals surface area (Å²) in [5.74, 6) is 0.0850. The summed E-state index contributed by atoms with van der Waals surface area (Å²) >= 11 is 0. The monoisotopic (exact) mass is 348 g/mol. The summed E-state index contributed by atoms with van der Waals surface area (Å²) in [4.78, 5) is 18.3. The van der Waals surface area contributed by atoms with Crippen molar-refractivity contribution in [1.29, 1.82) is 0 Å². The highest BCUT2D eigenvalue weighted by atomic mass is 16.5. The molecule has 0 aromatic carbocycles. The minimum absolute atomic E-state index is 0.0850. The Hall–Kier alpha value is -1.50. The molecule has 1 unspecified atom stereocenters. The van der Waals surface area contributed by atoms with E-state index in [9.17, 15) is 4.79 Å². The number of ether oxygens (including phenoxy) is 3. The van der Waals surface area contributed by atoms with Gasteiger partial charge < -0.3 is 19.1 Å². The zero-order valence-corrected chi connectivity index (χ0v) is 15.2. The molecule has 3 heterocycles. The van der Waals surface area contributed by atoms with Gasteiger partial charge in [-0.05, 0) is 43.7 Å². The normalized spacial score (nSPS) is 22.5. The van der Waals surface area contributed by atoms with Crippen molar-refractivity contribution in [2.45, 2.75) is 38.9 Å². The summed E-state index contributed by atoms with van der Waals surface area (Å²) in [6.45, 7) is 5.65. The van der Waals surface area contributed by atoms with Crippen molar-refractivity contribution in [3.05, 3.63) is 29.6 Å². The molecule has 2 aliphatic rings. The number of rotatable bonds is 6. The van der Waals surface area contributed by atoms with E-state index in [2.05, 4.69) is 4.98 Å². The van der Waals surface area contributed by atoms with Gasteiger partial charge in [-0.2, -0.15) is 0 Å². The number of piperidine rings is 1. The van der Waals surface area contributed by atoms with Crippen molar-refractivity contribution in [3.8, 4) is 0 Å². The van der Waals surface area contributed by atoms with E-state index >= 15 is 0 Å². The molecule has 0 bridgehead atoms. The second-order valence-electron chi connectivity index (χ2n) is 7.24. The molecule has 1 aromatic heterocycles. The van der Waals surface area contributed by atoms with Crippen LogP contribution in [-0.2, 0) is 25.6 Å². The van der Waals surface area contributed by atoms with Crippen molar-refractivity contribution in [3.63, 3.8) is 0 Å². The molecule has 1 amide bonds. The molecule has 6 nitrogen and oxygen atoms in total. The van der Waals surface area contributed by atoms with E-state index in [4.69, 9.17) is 14.2 Å². The van der Waals surface area contributed by atoms with E-state index in [1.807, 2.05) is 30.0 Å². The fourth-order valence-electron chi connectivity index (χ4n) is 3.77. The lowest BCUT2D eigenvalue weighted by Gasteiger charge is -2.38. The average Bonchev–Trinajstić information content (AvgIpc) is 2.98. The molecule has 1 aromatic rings. The van der Waals surface area contributed by atoms with Gasteiger partial charge in [0.2, 0.25) is 5.91 Å². The molecular formula is C19H28N2O4. The summed E-state index contributed by atoms with van der Waals surface area (Å²) in [5, 5.41) is 0. The van der Waals surface area contributed by atoms with Crippen LogP contribution in [0, 0.1) is 12.3 Å². The Morgan fingerprint density at radius 3 is 2.92 bits per heavy atom. The third kappa shape index (κ3) is 4.77. The minimum Gasteiger partial charge on any atom is -0.375 e. The first-order chi connectivity index (χ1) is 12.1. The number of methoxy groups -OCH3 is 1. The first-order valence-corrected chi connectivity index (χ1v) is 8.99. The van der Waals surface area contributed by atoms with Crippen molar-refractivity contribution in [2.24, 2.45) is 5.41 Å². The number of carbonyl (C=O) groups excluding carboxylic acids is 1. The molecule has 138 valence electrons. The molecular weight excluding hydrogens is 320 g/mol. The van der Waals surface area contributed by atoms with Gasteiger partial charge in [0.05, 0.1) is 31.6 Å². The van der Waals surface area contributed by atoms with E-state index in [1.54, 1.807) is 7.11 Å². The Bertz CT molecular complexity index is 585. The number of likely N-dealkylation sites (tertiary alicyclic amines) is 1. The van der Waals surface area contributed by atoms with Gasteiger partial charge in [0, 0.05) is 25.9 Å². The smallest absolute Gasteiger partial charge is 0.248 e. The summed E-state index contributed by atoms with van der Waals surface area (Å²) in [5.41, 5.74) is 2.17. The molecule has 6 heteroatoms. The van der Waals surface area contributed by atoms with Gasteiger partial charge in [-0.3, -0.25) is 9.78 Å². The summed E-state index contributed by atoms with van der Waals surface area (Å²) in [7, 11) is 1.56. The Kier molecular flexibility index (Phi) is 6.04. The molecule has 1 atom stereocenters. The van der Waals surface area contributed by atoms with Gasteiger partial charge >= 0.3 is 0 Å². The van der Waals surface area contributed by atoms with Crippen molar-refractivity contribution < 1.29 is 19.0 Å². The number of carbonyl (C=O) groups is 1. The van der Waals surface area contributed by atoms with Crippen LogP contribution in [0.2, 0.25) is 0 Å². The molecule has 2 saturated heterocycles. The Balaban J connectivity index is 1.41. The molecule has 2 aliphatic heterocycles. The van der Waals surface area contributed by atoms with Gasteiger partial charge in [0.1, 0.15) is 6.61 Å². The van der Waals surface area contributed by atoms with Crippen molar-refractivity contribution in [1.82, 2.24) is 9.88 Å². The van der Waals surface area contributed by atoms with Crippen LogP contribution in [0.15, 0.2) is 18.2 Å². The van der Waals surface area contributed by atoms with Crippen LogP contribution in [-0.4, -0.2) is 61.9 Å². The first-order valence-electron chi connectivity index (χ1n) is 8.99. The van der Waals surface area contributed by atoms with Crippen LogP contribution >= 0.6 is 0 Å². The van der Waals surface area contributed by atoms with Gasteiger partial charge in [-0.15, -0.1) is 0 Å². The van der Waals surface area contributed by atoms with Crippen LogP contribution in [0.25, 0.3) is 0 Å². The van der Waals surface area contributed by atoms with Crippen molar-refractivity contribution >= 4 is 5.91 Å². The second kappa shape index (κ2) is 8.25. The fraction of sp³-hybridized carbons (Fsp3) is 0.684. The molecule has 1 spiro atoms. The van der Waals surface area contributed by atoms with Crippen LogP contribution in [0.3, 0.4) is 0 Å². The van der Waals surface area contributed by atoms with E-state index in [1.165, 1.54) is 0 Å². The number of nitrogens with zero attached hydrogens (tertiary/aromatic N) is 2. The van der Waals surface area contributed by atoms with Gasteiger partial charge in [-0.1, -0.05) is 6.07 Å². The lowest BCUT2D eigenvalue weighted by Crippen LogP contribution is -2.44. The average molecular weight is 348 g/mol. The third-order valence-corrected chi connectivity index (χ3v) is 5.23. The SMILES string of the molecule is COCC(=O)N1CCC2(CC1)COC(COCc1cccc(C)n1)C2. The Morgan fingerprint density at radius 1 is 1.40 bits per heavy atom. The van der Waals surface area contributed by atoms with E-state index in [0.717, 1.165) is 50.3 Å². The predicted octanol–water partition coefficient (Wildman–Crippen LogP) is 1.95. The molecule has 0 aliphatic carbocycles. The maximum Gasteiger partial charge on any atom is 0.248 e. The predicted molar refractivity (Wildman–Crippen MR) is 93.1 cm³/mol. The van der Waals surface area contributed by atoms with Crippen LogP contribution in [0.1, 0.15) is 30.7 Å². The molecule has 25 heavy (non-hydrogen) atoms. The quantitative estimate of drug-likeness (QED) is 0.786. The van der Waals surface area contributed by atoms with Crippen molar-refractivity contribution in [2.75, 3.05) is 40.0 Å². The van der Waals surface area contributed by atoms with Gasteiger partial charge in [0.15, 0.2) is 0 Å². The highest BCUT2D eigenvalue weighted by Gasteiger charge is 2.43. The fourth-order valence-corrected chi connectivity index (χ4v) is 3.77. The lowest BCUT2D eigenvalue weighted by molar-refractivity contribution is -0.137.